The fraction of sp³-hybridized carbons (Fsp3) is 0.429. The van der Waals surface area contributed by atoms with Crippen molar-refractivity contribution in [3.8, 4) is 5.75 Å². The van der Waals surface area contributed by atoms with Gasteiger partial charge in [0.2, 0.25) is 0 Å². The Morgan fingerprint density at radius 2 is 1.77 bits per heavy atom. The summed E-state index contributed by atoms with van der Waals surface area (Å²) in [6.07, 6.45) is 3.24. The van der Waals surface area contributed by atoms with Crippen molar-refractivity contribution in [2.45, 2.75) is 45.1 Å². The van der Waals surface area contributed by atoms with Crippen LogP contribution in [-0.4, -0.2) is 35.0 Å². The monoisotopic (exact) mass is 356 g/mol. The molecule has 1 amide bonds. The Labute approximate surface area is 154 Å². The van der Waals surface area contributed by atoms with E-state index in [0.29, 0.717) is 24.4 Å². The molecule has 0 aliphatic carbocycles. The summed E-state index contributed by atoms with van der Waals surface area (Å²) >= 11 is 0. The summed E-state index contributed by atoms with van der Waals surface area (Å²) < 4.78 is 18.8. The summed E-state index contributed by atoms with van der Waals surface area (Å²) in [5, 5.41) is 0. The third-order valence-corrected chi connectivity index (χ3v) is 4.62. The van der Waals surface area contributed by atoms with Crippen LogP contribution in [0.25, 0.3) is 0 Å². The molecule has 0 unspecified atom stereocenters. The minimum absolute atomic E-state index is 0.0122. The maximum absolute atomic E-state index is 13.0. The Morgan fingerprint density at radius 1 is 1.12 bits per heavy atom. The Morgan fingerprint density at radius 3 is 2.31 bits per heavy atom. The van der Waals surface area contributed by atoms with Gasteiger partial charge in [0.15, 0.2) is 0 Å². The highest BCUT2D eigenvalue weighted by Crippen LogP contribution is 2.22. The number of benzene rings is 1. The van der Waals surface area contributed by atoms with Crippen molar-refractivity contribution < 1.29 is 13.9 Å². The van der Waals surface area contributed by atoms with Crippen molar-refractivity contribution in [2.75, 3.05) is 13.1 Å². The number of halogens is 1. The van der Waals surface area contributed by atoms with Crippen molar-refractivity contribution in [1.29, 1.82) is 0 Å². The van der Waals surface area contributed by atoms with E-state index in [1.165, 1.54) is 12.1 Å². The fourth-order valence-electron chi connectivity index (χ4n) is 3.03. The number of rotatable bonds is 3. The standard InChI is InChI=1S/C21H25FN2O2/c1-21(2,3)19-9-4-15(14-23-19)20(25)24-12-10-18(11-13-24)26-17-7-5-16(22)6-8-17/h4-9,14,18H,10-13H2,1-3H3. The first kappa shape index (κ1) is 18.4. The van der Waals surface area contributed by atoms with Crippen LogP contribution >= 0.6 is 0 Å². The largest absolute Gasteiger partial charge is 0.490 e. The number of carbonyl (C=O) groups is 1. The number of amides is 1. The molecule has 2 aromatic rings. The second-order valence-electron chi connectivity index (χ2n) is 7.75. The molecule has 1 aliphatic rings. The van der Waals surface area contributed by atoms with Crippen LogP contribution in [0.2, 0.25) is 0 Å². The molecule has 0 spiro atoms. The lowest BCUT2D eigenvalue weighted by Crippen LogP contribution is -2.41. The summed E-state index contributed by atoms with van der Waals surface area (Å²) in [7, 11) is 0. The van der Waals surface area contributed by atoms with E-state index in [1.807, 2.05) is 17.0 Å². The minimum Gasteiger partial charge on any atom is -0.490 e. The molecule has 4 nitrogen and oxygen atoms in total. The molecule has 1 fully saturated rings. The van der Waals surface area contributed by atoms with E-state index in [1.54, 1.807) is 18.3 Å². The molecule has 1 aliphatic heterocycles. The van der Waals surface area contributed by atoms with Gasteiger partial charge < -0.3 is 9.64 Å². The minimum atomic E-state index is -0.274. The van der Waals surface area contributed by atoms with Crippen molar-refractivity contribution in [3.63, 3.8) is 0 Å². The molecule has 26 heavy (non-hydrogen) atoms. The Kier molecular flexibility index (Phi) is 5.25. The molecule has 1 aromatic carbocycles. The van der Waals surface area contributed by atoms with Gasteiger partial charge in [-0.2, -0.15) is 0 Å². The molecule has 2 heterocycles. The lowest BCUT2D eigenvalue weighted by atomic mass is 9.91. The third-order valence-electron chi connectivity index (χ3n) is 4.62. The van der Waals surface area contributed by atoms with Crippen LogP contribution in [0.5, 0.6) is 5.75 Å². The first-order chi connectivity index (χ1) is 12.3. The quantitative estimate of drug-likeness (QED) is 0.828. The van der Waals surface area contributed by atoms with Gasteiger partial charge in [-0.3, -0.25) is 9.78 Å². The predicted octanol–water partition coefficient (Wildman–Crippen LogP) is 4.20. The lowest BCUT2D eigenvalue weighted by Gasteiger charge is -2.32. The van der Waals surface area contributed by atoms with Crippen molar-refractivity contribution in [3.05, 3.63) is 59.7 Å². The predicted molar refractivity (Wildman–Crippen MR) is 98.9 cm³/mol. The Hall–Kier alpha value is -2.43. The van der Waals surface area contributed by atoms with Gasteiger partial charge in [-0.1, -0.05) is 20.8 Å². The van der Waals surface area contributed by atoms with Crippen LogP contribution < -0.4 is 4.74 Å². The molecular weight excluding hydrogens is 331 g/mol. The van der Waals surface area contributed by atoms with Gasteiger partial charge in [0.1, 0.15) is 17.7 Å². The number of pyridine rings is 1. The van der Waals surface area contributed by atoms with E-state index in [-0.39, 0.29) is 23.2 Å². The zero-order valence-corrected chi connectivity index (χ0v) is 15.5. The molecule has 0 radical (unpaired) electrons. The van der Waals surface area contributed by atoms with Gasteiger partial charge in [0, 0.05) is 43.2 Å². The average Bonchev–Trinajstić information content (AvgIpc) is 2.63. The first-order valence-corrected chi connectivity index (χ1v) is 9.01. The molecule has 0 N–H and O–H groups in total. The number of likely N-dealkylation sites (tertiary alicyclic amines) is 1. The van der Waals surface area contributed by atoms with E-state index < -0.39 is 0 Å². The van der Waals surface area contributed by atoms with Crippen molar-refractivity contribution >= 4 is 5.91 Å². The van der Waals surface area contributed by atoms with E-state index in [2.05, 4.69) is 25.8 Å². The van der Waals surface area contributed by atoms with Crippen LogP contribution in [0.4, 0.5) is 4.39 Å². The molecule has 0 atom stereocenters. The summed E-state index contributed by atoms with van der Waals surface area (Å²) in [6.45, 7) is 7.59. The van der Waals surface area contributed by atoms with E-state index in [4.69, 9.17) is 4.74 Å². The molecule has 1 aromatic heterocycles. The first-order valence-electron chi connectivity index (χ1n) is 9.01. The molecule has 138 valence electrons. The summed E-state index contributed by atoms with van der Waals surface area (Å²) in [4.78, 5) is 19.0. The van der Waals surface area contributed by atoms with Gasteiger partial charge in [-0.05, 0) is 36.4 Å². The fourth-order valence-corrected chi connectivity index (χ4v) is 3.03. The number of nitrogens with zero attached hydrogens (tertiary/aromatic N) is 2. The molecule has 0 saturated carbocycles. The highest BCUT2D eigenvalue weighted by molar-refractivity contribution is 5.94. The molecule has 5 heteroatoms. The summed E-state index contributed by atoms with van der Waals surface area (Å²) in [5.41, 5.74) is 1.56. The Bertz CT molecular complexity index is 743. The van der Waals surface area contributed by atoms with Crippen LogP contribution in [0.3, 0.4) is 0 Å². The number of carbonyl (C=O) groups excluding carboxylic acids is 1. The summed E-state index contributed by atoms with van der Waals surface area (Å²) in [5.74, 6) is 0.403. The maximum atomic E-state index is 13.0. The normalized spacial score (nSPS) is 15.8. The molecule has 1 saturated heterocycles. The number of hydrogen-bond acceptors (Lipinski definition) is 3. The van der Waals surface area contributed by atoms with Gasteiger partial charge in [0.05, 0.1) is 5.56 Å². The van der Waals surface area contributed by atoms with E-state index >= 15 is 0 Å². The Balaban J connectivity index is 1.55. The third kappa shape index (κ3) is 4.40. The van der Waals surface area contributed by atoms with Crippen molar-refractivity contribution in [2.24, 2.45) is 0 Å². The van der Waals surface area contributed by atoms with Gasteiger partial charge >= 0.3 is 0 Å². The van der Waals surface area contributed by atoms with Crippen LogP contribution in [0, 0.1) is 5.82 Å². The smallest absolute Gasteiger partial charge is 0.255 e. The number of piperidine rings is 1. The SMILES string of the molecule is CC(C)(C)c1ccc(C(=O)N2CCC(Oc3ccc(F)cc3)CC2)cn1. The van der Waals surface area contributed by atoms with Crippen molar-refractivity contribution in [1.82, 2.24) is 9.88 Å². The zero-order chi connectivity index (χ0) is 18.7. The number of hydrogen-bond donors (Lipinski definition) is 0. The van der Waals surface area contributed by atoms with Crippen LogP contribution in [0.15, 0.2) is 42.6 Å². The number of ether oxygens (including phenoxy) is 1. The molecule has 3 rings (SSSR count). The number of aromatic nitrogens is 1. The van der Waals surface area contributed by atoms with Crippen LogP contribution in [0.1, 0.15) is 49.7 Å². The zero-order valence-electron chi connectivity index (χ0n) is 15.5. The summed E-state index contributed by atoms with van der Waals surface area (Å²) in [6, 6.07) is 9.84. The maximum Gasteiger partial charge on any atom is 0.255 e. The highest BCUT2D eigenvalue weighted by atomic mass is 19.1. The van der Waals surface area contributed by atoms with Crippen LogP contribution in [-0.2, 0) is 5.41 Å². The van der Waals surface area contributed by atoms with E-state index in [0.717, 1.165) is 18.5 Å². The van der Waals surface area contributed by atoms with E-state index in [9.17, 15) is 9.18 Å². The van der Waals surface area contributed by atoms with Gasteiger partial charge in [-0.25, -0.2) is 4.39 Å². The second-order valence-corrected chi connectivity index (χ2v) is 7.75. The topological polar surface area (TPSA) is 42.4 Å². The second kappa shape index (κ2) is 7.44. The highest BCUT2D eigenvalue weighted by Gasteiger charge is 2.25. The molecular formula is C21H25FN2O2. The lowest BCUT2D eigenvalue weighted by molar-refractivity contribution is 0.0595. The van der Waals surface area contributed by atoms with Gasteiger partial charge in [0.25, 0.3) is 5.91 Å². The average molecular weight is 356 g/mol. The van der Waals surface area contributed by atoms with Gasteiger partial charge in [-0.15, -0.1) is 0 Å². The molecule has 0 bridgehead atoms.